The van der Waals surface area contributed by atoms with Crippen molar-refractivity contribution in [2.24, 2.45) is 0 Å². The highest BCUT2D eigenvalue weighted by molar-refractivity contribution is 5.64. The van der Waals surface area contributed by atoms with Gasteiger partial charge in [0.05, 0.1) is 6.54 Å². The average molecular weight is 291 g/mol. The van der Waals surface area contributed by atoms with Crippen LogP contribution in [0.5, 0.6) is 0 Å². The van der Waals surface area contributed by atoms with Gasteiger partial charge in [-0.15, -0.1) is 0 Å². The third-order valence-electron chi connectivity index (χ3n) is 3.61. The minimum absolute atomic E-state index is 0.863. The molecule has 2 rings (SSSR count). The second kappa shape index (κ2) is 9.07. The molecule has 0 aliphatic heterocycles. The molecule has 0 aliphatic rings. The fraction of sp³-hybridized carbons (Fsp3) is 0.333. The fourth-order valence-corrected chi connectivity index (χ4v) is 2.53. The van der Waals surface area contributed by atoms with Gasteiger partial charge in [0.2, 0.25) is 0 Å². The van der Waals surface area contributed by atoms with E-state index >= 15 is 0 Å². The average Bonchev–Trinajstić information content (AvgIpc) is 2.57. The fourth-order valence-electron chi connectivity index (χ4n) is 2.53. The van der Waals surface area contributed by atoms with Crippen LogP contribution in [-0.2, 0) is 0 Å². The number of hydrogen-bond acceptors (Lipinski definition) is 1. The van der Waals surface area contributed by atoms with Crippen LogP contribution >= 0.6 is 0 Å². The molecule has 2 aromatic rings. The van der Waals surface area contributed by atoms with Gasteiger partial charge in [0.1, 0.15) is 0 Å². The van der Waals surface area contributed by atoms with E-state index in [1.54, 1.807) is 0 Å². The molecule has 0 heterocycles. The quantitative estimate of drug-likeness (QED) is 0.689. The van der Waals surface area contributed by atoms with Gasteiger partial charge in [0, 0.05) is 5.56 Å². The Morgan fingerprint density at radius 1 is 0.773 bits per heavy atom. The Balaban J connectivity index is 1.98. The zero-order chi connectivity index (χ0) is 15.6. The van der Waals surface area contributed by atoms with Crippen molar-refractivity contribution in [3.63, 3.8) is 0 Å². The molecule has 0 fully saturated rings. The van der Waals surface area contributed by atoms with Crippen LogP contribution in [0.3, 0.4) is 0 Å². The van der Waals surface area contributed by atoms with E-state index in [4.69, 9.17) is 0 Å². The maximum absolute atomic E-state index is 3.31. The number of hydrogen-bond donors (Lipinski definition) is 0. The van der Waals surface area contributed by atoms with Crippen molar-refractivity contribution in [1.29, 1.82) is 0 Å². The van der Waals surface area contributed by atoms with Crippen LogP contribution in [0.2, 0.25) is 0 Å². The molecule has 0 unspecified atom stereocenters. The molecule has 0 amide bonds. The van der Waals surface area contributed by atoms with Crippen LogP contribution in [0.15, 0.2) is 54.6 Å². The Hall–Kier alpha value is -2.04. The topological polar surface area (TPSA) is 3.24 Å². The summed E-state index contributed by atoms with van der Waals surface area (Å²) in [5.41, 5.74) is 3.58. The molecule has 0 atom stereocenters. The van der Waals surface area contributed by atoms with Crippen LogP contribution in [0, 0.1) is 11.8 Å². The summed E-state index contributed by atoms with van der Waals surface area (Å²) in [5, 5.41) is 0. The van der Waals surface area contributed by atoms with E-state index < -0.39 is 0 Å². The minimum atomic E-state index is 0.863. The van der Waals surface area contributed by atoms with Crippen LogP contribution in [-0.4, -0.2) is 24.5 Å². The summed E-state index contributed by atoms with van der Waals surface area (Å²) in [6.45, 7) is 7.57. The highest BCUT2D eigenvalue weighted by atomic mass is 15.1. The molecule has 0 saturated heterocycles. The highest BCUT2D eigenvalue weighted by Gasteiger charge is 1.99. The predicted octanol–water partition coefficient (Wildman–Crippen LogP) is 4.83. The first-order valence-electron chi connectivity index (χ1n) is 8.20. The van der Waals surface area contributed by atoms with Crippen molar-refractivity contribution < 1.29 is 0 Å². The molecule has 0 spiro atoms. The summed E-state index contributed by atoms with van der Waals surface area (Å²) >= 11 is 0. The third kappa shape index (κ3) is 5.06. The smallest absolute Gasteiger partial charge is 0.0605 e. The molecule has 0 aliphatic carbocycles. The van der Waals surface area contributed by atoms with E-state index in [0.717, 1.165) is 25.2 Å². The van der Waals surface area contributed by atoms with Crippen molar-refractivity contribution in [3.05, 3.63) is 60.2 Å². The Bertz CT molecular complexity index is 596. The second-order valence-electron chi connectivity index (χ2n) is 5.52. The summed E-state index contributed by atoms with van der Waals surface area (Å²) < 4.78 is 0. The lowest BCUT2D eigenvalue weighted by atomic mass is 10.0. The number of nitrogens with zero attached hydrogens (tertiary/aromatic N) is 1. The molecule has 0 N–H and O–H groups in total. The SMILES string of the molecule is CCCN(CC#Cc1ccc(-c2ccccc2)cc1)CCC. The Labute approximate surface area is 135 Å². The lowest BCUT2D eigenvalue weighted by Crippen LogP contribution is -2.25. The first kappa shape index (κ1) is 16.3. The molecule has 114 valence electrons. The molecule has 1 nitrogen and oxygen atoms in total. The van der Waals surface area contributed by atoms with E-state index in [0.29, 0.717) is 0 Å². The largest absolute Gasteiger partial charge is 0.292 e. The molecule has 0 saturated carbocycles. The molecule has 1 heteroatoms. The van der Waals surface area contributed by atoms with Crippen molar-refractivity contribution in [2.45, 2.75) is 26.7 Å². The van der Waals surface area contributed by atoms with Gasteiger partial charge in [-0.2, -0.15) is 0 Å². The first-order chi connectivity index (χ1) is 10.8. The van der Waals surface area contributed by atoms with Gasteiger partial charge in [-0.05, 0) is 49.2 Å². The minimum Gasteiger partial charge on any atom is -0.292 e. The molecule has 0 radical (unpaired) electrons. The maximum atomic E-state index is 3.31. The second-order valence-corrected chi connectivity index (χ2v) is 5.52. The molecular weight excluding hydrogens is 266 g/mol. The number of benzene rings is 2. The Morgan fingerprint density at radius 2 is 1.36 bits per heavy atom. The van der Waals surface area contributed by atoms with Crippen molar-refractivity contribution in [3.8, 4) is 23.0 Å². The van der Waals surface area contributed by atoms with E-state index in [9.17, 15) is 0 Å². The zero-order valence-electron chi connectivity index (χ0n) is 13.7. The summed E-state index contributed by atoms with van der Waals surface area (Å²) in [5.74, 6) is 6.59. The van der Waals surface area contributed by atoms with Crippen LogP contribution in [0.4, 0.5) is 0 Å². The monoisotopic (exact) mass is 291 g/mol. The van der Waals surface area contributed by atoms with Gasteiger partial charge in [0.15, 0.2) is 0 Å². The van der Waals surface area contributed by atoms with Gasteiger partial charge in [0.25, 0.3) is 0 Å². The summed E-state index contributed by atoms with van der Waals surface area (Å²) in [6.07, 6.45) is 2.38. The van der Waals surface area contributed by atoms with Crippen LogP contribution in [0.25, 0.3) is 11.1 Å². The molecule has 0 bridgehead atoms. The van der Waals surface area contributed by atoms with Crippen LogP contribution < -0.4 is 0 Å². The molecular formula is C21H25N. The predicted molar refractivity (Wildman–Crippen MR) is 95.8 cm³/mol. The van der Waals surface area contributed by atoms with E-state index in [1.807, 2.05) is 6.07 Å². The highest BCUT2D eigenvalue weighted by Crippen LogP contribution is 2.18. The van der Waals surface area contributed by atoms with Gasteiger partial charge in [-0.1, -0.05) is 68.2 Å². The van der Waals surface area contributed by atoms with Crippen molar-refractivity contribution in [2.75, 3.05) is 19.6 Å². The lowest BCUT2D eigenvalue weighted by Gasteiger charge is -2.17. The summed E-state index contributed by atoms with van der Waals surface area (Å²) in [7, 11) is 0. The van der Waals surface area contributed by atoms with Crippen molar-refractivity contribution >= 4 is 0 Å². The van der Waals surface area contributed by atoms with Crippen LogP contribution in [0.1, 0.15) is 32.3 Å². The first-order valence-corrected chi connectivity index (χ1v) is 8.20. The third-order valence-corrected chi connectivity index (χ3v) is 3.61. The summed E-state index contributed by atoms with van der Waals surface area (Å²) in [6, 6.07) is 19.0. The number of rotatable bonds is 6. The normalized spacial score (nSPS) is 10.3. The Morgan fingerprint density at radius 3 is 1.95 bits per heavy atom. The molecule has 22 heavy (non-hydrogen) atoms. The van der Waals surface area contributed by atoms with Gasteiger partial charge in [-0.3, -0.25) is 4.90 Å². The lowest BCUT2D eigenvalue weighted by molar-refractivity contribution is 0.308. The molecule has 0 aromatic heterocycles. The summed E-state index contributed by atoms with van der Waals surface area (Å²) in [4.78, 5) is 2.42. The Kier molecular flexibility index (Phi) is 6.74. The maximum Gasteiger partial charge on any atom is 0.0605 e. The van der Waals surface area contributed by atoms with Gasteiger partial charge in [-0.25, -0.2) is 0 Å². The molecule has 2 aromatic carbocycles. The standard InChI is InChI=1S/C21H25N/c1-3-16-22(17-4-2)18-8-9-19-12-14-21(15-13-19)20-10-6-5-7-11-20/h5-7,10-15H,3-4,16-18H2,1-2H3. The van der Waals surface area contributed by atoms with E-state index in [-0.39, 0.29) is 0 Å². The van der Waals surface area contributed by atoms with Gasteiger partial charge < -0.3 is 0 Å². The van der Waals surface area contributed by atoms with Crippen molar-refractivity contribution in [1.82, 2.24) is 4.90 Å². The zero-order valence-corrected chi connectivity index (χ0v) is 13.7. The van der Waals surface area contributed by atoms with E-state index in [1.165, 1.54) is 24.0 Å². The van der Waals surface area contributed by atoms with E-state index in [2.05, 4.69) is 79.1 Å². The van der Waals surface area contributed by atoms with Gasteiger partial charge >= 0.3 is 0 Å².